The molecule has 1 unspecified atom stereocenters. The van der Waals surface area contributed by atoms with Gasteiger partial charge in [-0.25, -0.2) is 4.79 Å². The van der Waals surface area contributed by atoms with Crippen molar-refractivity contribution in [1.82, 2.24) is 0 Å². The Hall–Kier alpha value is -3.55. The first kappa shape index (κ1) is 25.1. The molecular weight excluding hydrogens is 440 g/mol. The smallest absolute Gasteiger partial charge is 0.344 e. The molecule has 0 radical (unpaired) electrons. The van der Waals surface area contributed by atoms with Crippen molar-refractivity contribution in [2.24, 2.45) is 0 Å². The molecule has 0 bridgehead atoms. The average Bonchev–Trinajstić information content (AvgIpc) is 2.79. The highest BCUT2D eigenvalue weighted by Gasteiger charge is 2.27. The van der Waals surface area contributed by atoms with Gasteiger partial charge in [-0.3, -0.25) is 9.59 Å². The van der Waals surface area contributed by atoms with Gasteiger partial charge in [0.1, 0.15) is 23.0 Å². The van der Waals surface area contributed by atoms with Crippen LogP contribution >= 0.6 is 0 Å². The summed E-state index contributed by atoms with van der Waals surface area (Å²) in [4.78, 5) is 35.0. The van der Waals surface area contributed by atoms with Gasteiger partial charge in [0, 0.05) is 12.0 Å². The molecule has 0 aromatic heterocycles. The van der Waals surface area contributed by atoms with Crippen LogP contribution in [-0.4, -0.2) is 47.1 Å². The van der Waals surface area contributed by atoms with Crippen molar-refractivity contribution in [3.8, 4) is 23.0 Å². The number of carboxylic acid groups (broad SMARTS) is 1. The number of aryl methyl sites for hydroxylation is 1. The van der Waals surface area contributed by atoms with Crippen LogP contribution in [0.15, 0.2) is 24.3 Å². The molecule has 182 valence electrons. The lowest BCUT2D eigenvalue weighted by Gasteiger charge is -2.24. The van der Waals surface area contributed by atoms with E-state index in [4.69, 9.17) is 14.2 Å². The van der Waals surface area contributed by atoms with Crippen LogP contribution in [0.4, 0.5) is 0 Å². The fourth-order valence-corrected chi connectivity index (χ4v) is 3.93. The number of carboxylic acids is 1. The lowest BCUT2D eigenvalue weighted by Crippen LogP contribution is -2.31. The number of ketones is 2. The molecule has 8 nitrogen and oxygen atoms in total. The topological polar surface area (TPSA) is 119 Å². The van der Waals surface area contributed by atoms with Crippen molar-refractivity contribution in [3.63, 3.8) is 0 Å². The summed E-state index contributed by atoms with van der Waals surface area (Å²) in [5.41, 5.74) is 2.03. The van der Waals surface area contributed by atoms with Crippen molar-refractivity contribution in [1.29, 1.82) is 0 Å². The van der Waals surface area contributed by atoms with Crippen LogP contribution in [0.3, 0.4) is 0 Å². The summed E-state index contributed by atoms with van der Waals surface area (Å²) in [6, 6.07) is 6.55. The Labute approximate surface area is 198 Å². The highest BCUT2D eigenvalue weighted by atomic mass is 16.5. The number of rotatable bonds is 11. The number of aliphatic carboxylic acids is 1. The van der Waals surface area contributed by atoms with Gasteiger partial charge in [-0.1, -0.05) is 13.3 Å². The van der Waals surface area contributed by atoms with Crippen LogP contribution in [0.2, 0.25) is 0 Å². The van der Waals surface area contributed by atoms with E-state index < -0.39 is 12.1 Å². The van der Waals surface area contributed by atoms with Crippen LogP contribution < -0.4 is 14.2 Å². The van der Waals surface area contributed by atoms with Crippen LogP contribution in [0.1, 0.15) is 71.9 Å². The standard InChI is InChI=1S/C26H30O8/c1-4-6-19-21(10-8-18(15(2)27)25(19)29)32-11-5-12-33-24-13-17-7-9-22(26(30)31)34-23(17)14-20(24)16(3)28/h8,10,13-14,22,29H,4-7,9,11-12H2,1-3H3,(H,30,31). The highest BCUT2D eigenvalue weighted by Crippen LogP contribution is 2.35. The van der Waals surface area contributed by atoms with E-state index in [2.05, 4.69) is 0 Å². The van der Waals surface area contributed by atoms with Crippen molar-refractivity contribution in [2.45, 2.75) is 59.0 Å². The fourth-order valence-electron chi connectivity index (χ4n) is 3.93. The predicted octanol–water partition coefficient (Wildman–Crippen LogP) is 4.38. The zero-order valence-electron chi connectivity index (χ0n) is 19.7. The molecule has 1 atom stereocenters. The number of phenolic OH excluding ortho intramolecular Hbond substituents is 1. The monoisotopic (exact) mass is 470 g/mol. The third-order valence-corrected chi connectivity index (χ3v) is 5.69. The summed E-state index contributed by atoms with van der Waals surface area (Å²) in [5.74, 6) is -0.106. The van der Waals surface area contributed by atoms with E-state index >= 15 is 0 Å². The van der Waals surface area contributed by atoms with E-state index in [1.54, 1.807) is 24.3 Å². The molecule has 0 amide bonds. The molecule has 2 aromatic carbocycles. The van der Waals surface area contributed by atoms with Gasteiger partial charge in [0.25, 0.3) is 0 Å². The number of carbonyl (C=O) groups excluding carboxylic acids is 2. The molecule has 0 aliphatic carbocycles. The van der Waals surface area contributed by atoms with Gasteiger partial charge in [-0.2, -0.15) is 0 Å². The lowest BCUT2D eigenvalue weighted by atomic mass is 9.98. The normalized spacial score (nSPS) is 14.6. The van der Waals surface area contributed by atoms with Crippen LogP contribution in [0.25, 0.3) is 0 Å². The van der Waals surface area contributed by atoms with Crippen molar-refractivity contribution in [2.75, 3.05) is 13.2 Å². The number of fused-ring (bicyclic) bond motifs is 1. The van der Waals surface area contributed by atoms with Gasteiger partial charge in [0.05, 0.1) is 24.3 Å². The molecule has 3 rings (SSSR count). The average molecular weight is 471 g/mol. The van der Waals surface area contributed by atoms with E-state index in [0.717, 1.165) is 12.0 Å². The maximum absolute atomic E-state index is 12.1. The quantitative estimate of drug-likeness (QED) is 0.367. The zero-order valence-corrected chi connectivity index (χ0v) is 19.7. The summed E-state index contributed by atoms with van der Waals surface area (Å²) in [7, 11) is 0. The largest absolute Gasteiger partial charge is 0.507 e. The molecular formula is C26H30O8. The Bertz CT molecular complexity index is 1090. The van der Waals surface area contributed by atoms with E-state index in [1.165, 1.54) is 13.8 Å². The first-order valence-electron chi connectivity index (χ1n) is 11.4. The molecule has 2 aromatic rings. The maximum atomic E-state index is 12.1. The predicted molar refractivity (Wildman–Crippen MR) is 125 cm³/mol. The molecule has 0 saturated carbocycles. The minimum atomic E-state index is -1.03. The zero-order chi connectivity index (χ0) is 24.8. The lowest BCUT2D eigenvalue weighted by molar-refractivity contribution is -0.145. The maximum Gasteiger partial charge on any atom is 0.344 e. The third-order valence-electron chi connectivity index (χ3n) is 5.69. The van der Waals surface area contributed by atoms with Gasteiger partial charge in [0.15, 0.2) is 17.7 Å². The number of ether oxygens (including phenoxy) is 3. The summed E-state index contributed by atoms with van der Waals surface area (Å²) in [6.07, 6.45) is 1.84. The summed E-state index contributed by atoms with van der Waals surface area (Å²) >= 11 is 0. The van der Waals surface area contributed by atoms with E-state index in [0.29, 0.717) is 60.7 Å². The number of aromatic hydroxyl groups is 1. The fraction of sp³-hybridized carbons (Fsp3) is 0.423. The van der Waals surface area contributed by atoms with E-state index in [-0.39, 0.29) is 29.5 Å². The molecule has 0 saturated heterocycles. The minimum absolute atomic E-state index is 0.0318. The third kappa shape index (κ3) is 5.68. The first-order chi connectivity index (χ1) is 16.2. The number of carbonyl (C=O) groups is 3. The molecule has 2 N–H and O–H groups in total. The Morgan fingerprint density at radius 2 is 1.71 bits per heavy atom. The second-order valence-corrected chi connectivity index (χ2v) is 8.29. The van der Waals surface area contributed by atoms with Gasteiger partial charge in [0.2, 0.25) is 0 Å². The molecule has 1 aliphatic rings. The molecule has 1 aliphatic heterocycles. The van der Waals surface area contributed by atoms with Crippen molar-refractivity contribution >= 4 is 17.5 Å². The van der Waals surface area contributed by atoms with E-state index in [9.17, 15) is 24.6 Å². The second-order valence-electron chi connectivity index (χ2n) is 8.29. The minimum Gasteiger partial charge on any atom is -0.507 e. The summed E-state index contributed by atoms with van der Waals surface area (Å²) in [6.45, 7) is 5.42. The van der Waals surface area contributed by atoms with Gasteiger partial charge in [-0.15, -0.1) is 0 Å². The van der Waals surface area contributed by atoms with Crippen molar-refractivity contribution in [3.05, 3.63) is 46.5 Å². The van der Waals surface area contributed by atoms with Crippen LogP contribution in [0, 0.1) is 0 Å². The Kier molecular flexibility index (Phi) is 8.15. The number of Topliss-reactive ketones (excluding diaryl/α,β-unsaturated/α-hetero) is 2. The van der Waals surface area contributed by atoms with E-state index in [1.807, 2.05) is 6.92 Å². The van der Waals surface area contributed by atoms with Gasteiger partial charge < -0.3 is 24.4 Å². The number of phenols is 1. The number of benzene rings is 2. The molecule has 8 heteroatoms. The van der Waals surface area contributed by atoms with Crippen LogP contribution in [-0.2, 0) is 17.6 Å². The number of hydrogen-bond acceptors (Lipinski definition) is 7. The first-order valence-corrected chi connectivity index (χ1v) is 11.4. The molecule has 0 spiro atoms. The Morgan fingerprint density at radius 3 is 2.32 bits per heavy atom. The van der Waals surface area contributed by atoms with Crippen molar-refractivity contribution < 1.29 is 38.8 Å². The molecule has 0 fully saturated rings. The SMILES string of the molecule is CCCc1c(OCCCOc2cc3c(cc2C(C)=O)OC(C(=O)O)CC3)ccc(C(C)=O)c1O. The Morgan fingerprint density at radius 1 is 1.03 bits per heavy atom. The number of hydrogen-bond donors (Lipinski definition) is 2. The molecule has 34 heavy (non-hydrogen) atoms. The summed E-state index contributed by atoms with van der Waals surface area (Å²) in [5, 5.41) is 19.6. The Balaban J connectivity index is 1.63. The highest BCUT2D eigenvalue weighted by molar-refractivity contribution is 5.98. The van der Waals surface area contributed by atoms with Crippen LogP contribution in [0.5, 0.6) is 23.0 Å². The van der Waals surface area contributed by atoms with Gasteiger partial charge in [-0.05, 0) is 62.9 Å². The summed E-state index contributed by atoms with van der Waals surface area (Å²) < 4.78 is 17.2. The second kappa shape index (κ2) is 11.0. The van der Waals surface area contributed by atoms with Gasteiger partial charge >= 0.3 is 5.97 Å². The molecule has 1 heterocycles.